The second-order valence-corrected chi connectivity index (χ2v) is 8.19. The molecule has 150 valence electrons. The zero-order valence-corrected chi connectivity index (χ0v) is 17.1. The summed E-state index contributed by atoms with van der Waals surface area (Å²) in [5, 5.41) is 2.75. The summed E-state index contributed by atoms with van der Waals surface area (Å²) in [5.41, 5.74) is 1.86. The normalized spacial score (nSPS) is 12.1. The van der Waals surface area contributed by atoms with E-state index in [2.05, 4.69) is 5.32 Å². The monoisotopic (exact) mass is 404 g/mol. The molecule has 0 saturated carbocycles. The Bertz CT molecular complexity index is 958. The molecular weight excluding hydrogens is 380 g/mol. The summed E-state index contributed by atoms with van der Waals surface area (Å²) in [6.07, 6.45) is 1.34. The lowest BCUT2D eigenvalue weighted by Gasteiger charge is -2.30. The molecule has 8 heteroatoms. The third-order valence-corrected chi connectivity index (χ3v) is 5.44. The highest BCUT2D eigenvalue weighted by Gasteiger charge is 2.31. The van der Waals surface area contributed by atoms with Gasteiger partial charge in [0, 0.05) is 5.69 Å². The largest absolute Gasteiger partial charge is 0.465 e. The predicted octanol–water partition coefficient (Wildman–Crippen LogP) is 2.96. The van der Waals surface area contributed by atoms with Crippen molar-refractivity contribution in [2.45, 2.75) is 26.3 Å². The van der Waals surface area contributed by atoms with Gasteiger partial charge in [-0.25, -0.2) is 13.2 Å². The first-order valence-corrected chi connectivity index (χ1v) is 10.6. The maximum atomic E-state index is 13.0. The van der Waals surface area contributed by atoms with Gasteiger partial charge in [-0.15, -0.1) is 0 Å². The smallest absolute Gasteiger partial charge is 0.337 e. The minimum Gasteiger partial charge on any atom is -0.465 e. The number of anilines is 2. The van der Waals surface area contributed by atoms with E-state index in [1.165, 1.54) is 13.2 Å². The highest BCUT2D eigenvalue weighted by Crippen LogP contribution is 2.24. The number of amides is 1. The summed E-state index contributed by atoms with van der Waals surface area (Å²) < 4.78 is 30.7. The van der Waals surface area contributed by atoms with E-state index < -0.39 is 27.9 Å². The minimum atomic E-state index is -3.70. The number of sulfonamides is 1. The number of hydrogen-bond donors (Lipinski definition) is 1. The third kappa shape index (κ3) is 4.89. The van der Waals surface area contributed by atoms with Crippen molar-refractivity contribution in [2.24, 2.45) is 0 Å². The molecule has 7 nitrogen and oxygen atoms in total. The van der Waals surface area contributed by atoms with Crippen molar-refractivity contribution in [3.05, 3.63) is 59.7 Å². The number of nitrogens with one attached hydrogen (secondary N) is 1. The Morgan fingerprint density at radius 3 is 2.32 bits per heavy atom. The summed E-state index contributed by atoms with van der Waals surface area (Å²) in [4.78, 5) is 24.7. The molecule has 1 amide bonds. The topological polar surface area (TPSA) is 92.8 Å². The zero-order valence-electron chi connectivity index (χ0n) is 16.3. The van der Waals surface area contributed by atoms with Crippen LogP contribution in [0, 0.1) is 6.92 Å². The zero-order chi connectivity index (χ0) is 20.9. The fraction of sp³-hybridized carbons (Fsp3) is 0.300. The van der Waals surface area contributed by atoms with E-state index in [-0.39, 0.29) is 6.42 Å². The quantitative estimate of drug-likeness (QED) is 0.716. The molecular formula is C20H24N2O5S. The molecule has 0 aliphatic heterocycles. The first-order chi connectivity index (χ1) is 13.2. The molecule has 0 saturated heterocycles. The van der Waals surface area contributed by atoms with Crippen molar-refractivity contribution < 1.29 is 22.7 Å². The van der Waals surface area contributed by atoms with Gasteiger partial charge in [0.25, 0.3) is 0 Å². The Kier molecular flexibility index (Phi) is 6.80. The molecule has 0 fully saturated rings. The van der Waals surface area contributed by atoms with E-state index in [0.717, 1.165) is 16.1 Å². The van der Waals surface area contributed by atoms with Crippen LogP contribution < -0.4 is 9.62 Å². The summed E-state index contributed by atoms with van der Waals surface area (Å²) >= 11 is 0. The molecule has 0 heterocycles. The van der Waals surface area contributed by atoms with Gasteiger partial charge in [0.15, 0.2) is 0 Å². The molecule has 0 bridgehead atoms. The number of benzene rings is 2. The standard InChI is InChI=1S/C20H24N2O5S/c1-5-18(22(28(4,25)26)16-9-7-6-8-10-16)19(23)21-17-13-15(20(24)27-3)12-11-14(17)2/h6-13,18H,5H2,1-4H3,(H,21,23). The van der Waals surface area contributed by atoms with Crippen molar-refractivity contribution in [1.82, 2.24) is 0 Å². The average Bonchev–Trinajstić information content (AvgIpc) is 2.66. The van der Waals surface area contributed by atoms with Crippen molar-refractivity contribution in [2.75, 3.05) is 23.0 Å². The molecule has 1 N–H and O–H groups in total. The van der Waals surface area contributed by atoms with Gasteiger partial charge in [0.05, 0.1) is 24.6 Å². The molecule has 28 heavy (non-hydrogen) atoms. The highest BCUT2D eigenvalue weighted by molar-refractivity contribution is 7.92. The second-order valence-electron chi connectivity index (χ2n) is 6.33. The van der Waals surface area contributed by atoms with Crippen molar-refractivity contribution >= 4 is 33.3 Å². The molecule has 2 aromatic rings. The molecule has 0 radical (unpaired) electrons. The number of carbonyl (C=O) groups is 2. The molecule has 1 atom stereocenters. The van der Waals surface area contributed by atoms with Crippen molar-refractivity contribution in [3.8, 4) is 0 Å². The van der Waals surface area contributed by atoms with Crippen LogP contribution in [0.5, 0.6) is 0 Å². The first-order valence-electron chi connectivity index (χ1n) is 8.73. The molecule has 0 spiro atoms. The lowest BCUT2D eigenvalue weighted by atomic mass is 10.1. The van der Waals surface area contributed by atoms with Gasteiger partial charge in [-0.3, -0.25) is 9.10 Å². The van der Waals surface area contributed by atoms with Gasteiger partial charge >= 0.3 is 5.97 Å². The van der Waals surface area contributed by atoms with Crippen LogP contribution in [0.1, 0.15) is 29.3 Å². The summed E-state index contributed by atoms with van der Waals surface area (Å²) in [7, 11) is -2.43. The van der Waals surface area contributed by atoms with Crippen LogP contribution in [0.3, 0.4) is 0 Å². The van der Waals surface area contributed by atoms with E-state index >= 15 is 0 Å². The van der Waals surface area contributed by atoms with Crippen molar-refractivity contribution in [3.63, 3.8) is 0 Å². The summed E-state index contributed by atoms with van der Waals surface area (Å²) in [5.74, 6) is -1.01. The van der Waals surface area contributed by atoms with Gasteiger partial charge in [-0.2, -0.15) is 0 Å². The fourth-order valence-electron chi connectivity index (χ4n) is 2.85. The van der Waals surface area contributed by atoms with Gasteiger partial charge in [0.2, 0.25) is 15.9 Å². The Morgan fingerprint density at radius 2 is 1.79 bits per heavy atom. The molecule has 2 aromatic carbocycles. The number of carbonyl (C=O) groups excluding carboxylic acids is 2. The third-order valence-electron chi connectivity index (χ3n) is 4.26. The Labute approximate surface area is 165 Å². The van der Waals surface area contributed by atoms with Gasteiger partial charge in [-0.1, -0.05) is 31.2 Å². The number of aryl methyl sites for hydroxylation is 1. The van der Waals surface area contributed by atoms with Crippen LogP contribution in [-0.2, 0) is 19.6 Å². The molecule has 0 aliphatic carbocycles. The number of ether oxygens (including phenoxy) is 1. The van der Waals surface area contributed by atoms with E-state index in [4.69, 9.17) is 4.74 Å². The maximum Gasteiger partial charge on any atom is 0.337 e. The minimum absolute atomic E-state index is 0.267. The van der Waals surface area contributed by atoms with Crippen LogP contribution in [0.4, 0.5) is 11.4 Å². The van der Waals surface area contributed by atoms with Gasteiger partial charge < -0.3 is 10.1 Å². The Hall–Kier alpha value is -2.87. The van der Waals surface area contributed by atoms with E-state index in [1.54, 1.807) is 56.3 Å². The van der Waals surface area contributed by atoms with Crippen LogP contribution in [0.25, 0.3) is 0 Å². The lowest BCUT2D eigenvalue weighted by molar-refractivity contribution is -0.117. The van der Waals surface area contributed by atoms with Crippen LogP contribution in [-0.4, -0.2) is 39.7 Å². The van der Waals surface area contributed by atoms with E-state index in [9.17, 15) is 18.0 Å². The van der Waals surface area contributed by atoms with Gasteiger partial charge in [-0.05, 0) is 43.2 Å². The fourth-order valence-corrected chi connectivity index (χ4v) is 4.06. The number of para-hydroxylation sites is 1. The summed E-state index contributed by atoms with van der Waals surface area (Å²) in [6.45, 7) is 3.52. The SMILES string of the molecule is CCC(C(=O)Nc1cc(C(=O)OC)ccc1C)N(c1ccccc1)S(C)(=O)=O. The lowest BCUT2D eigenvalue weighted by Crippen LogP contribution is -2.47. The Morgan fingerprint density at radius 1 is 1.14 bits per heavy atom. The van der Waals surface area contributed by atoms with Crippen LogP contribution in [0.2, 0.25) is 0 Å². The number of hydrogen-bond acceptors (Lipinski definition) is 5. The molecule has 0 aromatic heterocycles. The number of esters is 1. The van der Waals surface area contributed by atoms with Crippen molar-refractivity contribution in [1.29, 1.82) is 0 Å². The predicted molar refractivity (Wildman–Crippen MR) is 109 cm³/mol. The van der Waals surface area contributed by atoms with E-state index in [0.29, 0.717) is 16.9 Å². The van der Waals surface area contributed by atoms with E-state index in [1.807, 2.05) is 0 Å². The van der Waals surface area contributed by atoms with Gasteiger partial charge in [0.1, 0.15) is 6.04 Å². The Balaban J connectivity index is 2.39. The molecule has 1 unspecified atom stereocenters. The molecule has 0 aliphatic rings. The number of methoxy groups -OCH3 is 1. The molecule has 2 rings (SSSR count). The van der Waals surface area contributed by atoms with Crippen LogP contribution >= 0.6 is 0 Å². The maximum absolute atomic E-state index is 13.0. The first kappa shape index (κ1) is 21.4. The number of nitrogens with zero attached hydrogens (tertiary/aromatic N) is 1. The average molecular weight is 404 g/mol. The second kappa shape index (κ2) is 8.88. The number of rotatable bonds is 7. The highest BCUT2D eigenvalue weighted by atomic mass is 32.2. The summed E-state index contributed by atoms with van der Waals surface area (Å²) in [6, 6.07) is 12.3. The van der Waals surface area contributed by atoms with Crippen LogP contribution in [0.15, 0.2) is 48.5 Å².